The van der Waals surface area contributed by atoms with Gasteiger partial charge in [0, 0.05) is 12.6 Å². The minimum atomic E-state index is 0.473. The van der Waals surface area contributed by atoms with Gasteiger partial charge in [0.15, 0.2) is 0 Å². The Bertz CT molecular complexity index is 474. The summed E-state index contributed by atoms with van der Waals surface area (Å²) in [6.45, 7) is 2.13. The van der Waals surface area contributed by atoms with Gasteiger partial charge < -0.3 is 10.6 Å². The van der Waals surface area contributed by atoms with Crippen LogP contribution in [0.2, 0.25) is 0 Å². The summed E-state index contributed by atoms with van der Waals surface area (Å²) in [5, 5.41) is 17.4. The van der Waals surface area contributed by atoms with Crippen LogP contribution in [0.25, 0.3) is 10.6 Å². The highest BCUT2D eigenvalue weighted by atomic mass is 32.1. The second-order valence-electron chi connectivity index (χ2n) is 4.47. The fourth-order valence-corrected chi connectivity index (χ4v) is 2.84. The summed E-state index contributed by atoms with van der Waals surface area (Å²) in [7, 11) is 0. The topological polar surface area (TPSA) is 49.8 Å². The van der Waals surface area contributed by atoms with E-state index in [1.54, 1.807) is 11.3 Å². The third-order valence-electron chi connectivity index (χ3n) is 3.09. The molecule has 3 rings (SSSR count). The van der Waals surface area contributed by atoms with Gasteiger partial charge in [0.2, 0.25) is 0 Å². The highest BCUT2D eigenvalue weighted by molar-refractivity contribution is 7.13. The van der Waals surface area contributed by atoms with E-state index in [4.69, 9.17) is 0 Å². The molecule has 0 amide bonds. The summed E-state index contributed by atoms with van der Waals surface area (Å²) in [4.78, 5) is 1.16. The summed E-state index contributed by atoms with van der Waals surface area (Å²) in [5.41, 5.74) is 0.942. The zero-order valence-corrected chi connectivity index (χ0v) is 10.9. The fourth-order valence-electron chi connectivity index (χ4n) is 2.15. The molecule has 0 saturated carbocycles. The van der Waals surface area contributed by atoms with Crippen LogP contribution in [-0.4, -0.2) is 29.3 Å². The Balaban J connectivity index is 1.67. The number of hydrogen-bond acceptors (Lipinski definition) is 5. The third kappa shape index (κ3) is 2.68. The van der Waals surface area contributed by atoms with E-state index in [2.05, 4.69) is 32.3 Å². The smallest absolute Gasteiger partial charge is 0.148 e. The first-order chi connectivity index (χ1) is 8.92. The van der Waals surface area contributed by atoms with E-state index in [1.807, 2.05) is 18.2 Å². The number of nitrogens with zero attached hydrogens (tertiary/aromatic N) is 2. The van der Waals surface area contributed by atoms with Crippen LogP contribution in [0.1, 0.15) is 12.8 Å². The van der Waals surface area contributed by atoms with E-state index >= 15 is 0 Å². The molecule has 1 aliphatic rings. The number of nitrogens with one attached hydrogen (secondary N) is 2. The molecule has 0 bridgehead atoms. The molecular formula is C13H16N4S. The van der Waals surface area contributed by atoms with Crippen LogP contribution in [0, 0.1) is 0 Å². The van der Waals surface area contributed by atoms with Crippen LogP contribution < -0.4 is 10.6 Å². The molecule has 5 heteroatoms. The van der Waals surface area contributed by atoms with Crippen molar-refractivity contribution in [2.24, 2.45) is 0 Å². The molecule has 2 aromatic heterocycles. The average molecular weight is 260 g/mol. The molecule has 1 saturated heterocycles. The molecule has 1 aliphatic heterocycles. The predicted molar refractivity (Wildman–Crippen MR) is 74.9 cm³/mol. The summed E-state index contributed by atoms with van der Waals surface area (Å²) in [5.74, 6) is 0.865. The average Bonchev–Trinajstić information content (AvgIpc) is 2.95. The van der Waals surface area contributed by atoms with E-state index in [0.29, 0.717) is 6.04 Å². The van der Waals surface area contributed by atoms with Crippen LogP contribution >= 0.6 is 11.3 Å². The molecule has 2 aromatic rings. The number of piperidine rings is 1. The van der Waals surface area contributed by atoms with Crippen molar-refractivity contribution >= 4 is 17.2 Å². The largest absolute Gasteiger partial charge is 0.365 e. The number of anilines is 1. The van der Waals surface area contributed by atoms with Gasteiger partial charge >= 0.3 is 0 Å². The molecule has 0 aromatic carbocycles. The highest BCUT2D eigenvalue weighted by Gasteiger charge is 2.13. The molecule has 1 atom stereocenters. The lowest BCUT2D eigenvalue weighted by molar-refractivity contribution is 0.478. The van der Waals surface area contributed by atoms with Gasteiger partial charge in [-0.05, 0) is 43.0 Å². The minimum absolute atomic E-state index is 0.473. The second kappa shape index (κ2) is 5.46. The van der Waals surface area contributed by atoms with Crippen molar-refractivity contribution in [1.82, 2.24) is 15.5 Å². The molecule has 0 radical (unpaired) electrons. The number of rotatable bonds is 3. The van der Waals surface area contributed by atoms with Crippen molar-refractivity contribution < 1.29 is 0 Å². The van der Waals surface area contributed by atoms with E-state index < -0.39 is 0 Å². The standard InChI is InChI=1S/C13H16N4S/c1-3-10(9-14-7-1)15-13-6-5-11(16-17-13)12-4-2-8-18-12/h2,4-6,8,10,14H,1,3,7,9H2,(H,15,17). The number of thiophene rings is 1. The Morgan fingerprint density at radius 3 is 2.94 bits per heavy atom. The van der Waals surface area contributed by atoms with E-state index in [1.165, 1.54) is 12.8 Å². The first kappa shape index (κ1) is 11.6. The lowest BCUT2D eigenvalue weighted by atomic mass is 10.1. The van der Waals surface area contributed by atoms with Crippen LogP contribution in [-0.2, 0) is 0 Å². The highest BCUT2D eigenvalue weighted by Crippen LogP contribution is 2.22. The Kier molecular flexibility index (Phi) is 3.52. The fraction of sp³-hybridized carbons (Fsp3) is 0.385. The van der Waals surface area contributed by atoms with Gasteiger partial charge in [-0.15, -0.1) is 21.5 Å². The SMILES string of the molecule is c1csc(-c2ccc(NC3CCCNC3)nn2)c1. The van der Waals surface area contributed by atoms with Crippen LogP contribution in [0.4, 0.5) is 5.82 Å². The van der Waals surface area contributed by atoms with Crippen molar-refractivity contribution in [3.8, 4) is 10.6 Å². The van der Waals surface area contributed by atoms with Gasteiger partial charge in [-0.3, -0.25) is 0 Å². The van der Waals surface area contributed by atoms with Gasteiger partial charge in [-0.1, -0.05) is 6.07 Å². The summed E-state index contributed by atoms with van der Waals surface area (Å²) in [6.07, 6.45) is 2.42. The number of hydrogen-bond donors (Lipinski definition) is 2. The quantitative estimate of drug-likeness (QED) is 0.889. The van der Waals surface area contributed by atoms with Crippen molar-refractivity contribution in [3.05, 3.63) is 29.6 Å². The first-order valence-electron chi connectivity index (χ1n) is 6.27. The molecule has 2 N–H and O–H groups in total. The zero-order chi connectivity index (χ0) is 12.2. The van der Waals surface area contributed by atoms with Crippen LogP contribution in [0.15, 0.2) is 29.6 Å². The molecule has 0 aliphatic carbocycles. The Morgan fingerprint density at radius 1 is 1.28 bits per heavy atom. The maximum atomic E-state index is 4.26. The van der Waals surface area contributed by atoms with Crippen molar-refractivity contribution in [1.29, 1.82) is 0 Å². The monoisotopic (exact) mass is 260 g/mol. The lowest BCUT2D eigenvalue weighted by Crippen LogP contribution is -2.38. The Hall–Kier alpha value is -1.46. The summed E-state index contributed by atoms with van der Waals surface area (Å²) >= 11 is 1.68. The second-order valence-corrected chi connectivity index (χ2v) is 5.42. The van der Waals surface area contributed by atoms with E-state index in [0.717, 1.165) is 29.5 Å². The maximum Gasteiger partial charge on any atom is 0.148 e. The number of aromatic nitrogens is 2. The van der Waals surface area contributed by atoms with Gasteiger partial charge in [0.1, 0.15) is 11.5 Å². The normalized spacial score (nSPS) is 19.7. The predicted octanol–water partition coefficient (Wildman–Crippen LogP) is 2.37. The van der Waals surface area contributed by atoms with Crippen molar-refractivity contribution in [3.63, 3.8) is 0 Å². The van der Waals surface area contributed by atoms with Crippen molar-refractivity contribution in [2.45, 2.75) is 18.9 Å². The molecular weight excluding hydrogens is 244 g/mol. The molecule has 18 heavy (non-hydrogen) atoms. The molecule has 0 spiro atoms. The molecule has 1 fully saturated rings. The summed E-state index contributed by atoms with van der Waals surface area (Å²) in [6, 6.07) is 8.60. The third-order valence-corrected chi connectivity index (χ3v) is 3.98. The lowest BCUT2D eigenvalue weighted by Gasteiger charge is -2.23. The van der Waals surface area contributed by atoms with Gasteiger partial charge in [0.05, 0.1) is 4.88 Å². The minimum Gasteiger partial charge on any atom is -0.365 e. The molecule has 4 nitrogen and oxygen atoms in total. The van der Waals surface area contributed by atoms with Crippen LogP contribution in [0.3, 0.4) is 0 Å². The van der Waals surface area contributed by atoms with Crippen LogP contribution in [0.5, 0.6) is 0 Å². The molecule has 1 unspecified atom stereocenters. The Labute approximate surface area is 110 Å². The molecule has 3 heterocycles. The zero-order valence-electron chi connectivity index (χ0n) is 10.1. The van der Waals surface area contributed by atoms with Gasteiger partial charge in [-0.25, -0.2) is 0 Å². The van der Waals surface area contributed by atoms with Gasteiger partial charge in [-0.2, -0.15) is 0 Å². The molecule has 94 valence electrons. The van der Waals surface area contributed by atoms with Crippen molar-refractivity contribution in [2.75, 3.05) is 18.4 Å². The van der Waals surface area contributed by atoms with E-state index in [9.17, 15) is 0 Å². The maximum absolute atomic E-state index is 4.26. The Morgan fingerprint density at radius 2 is 2.28 bits per heavy atom. The summed E-state index contributed by atoms with van der Waals surface area (Å²) < 4.78 is 0. The van der Waals surface area contributed by atoms with Gasteiger partial charge in [0.25, 0.3) is 0 Å². The van der Waals surface area contributed by atoms with E-state index in [-0.39, 0.29) is 0 Å². The first-order valence-corrected chi connectivity index (χ1v) is 7.14.